The van der Waals surface area contributed by atoms with E-state index in [2.05, 4.69) is 29.0 Å². The molecule has 0 bridgehead atoms. The molecule has 24 heavy (non-hydrogen) atoms. The van der Waals surface area contributed by atoms with Crippen molar-refractivity contribution in [3.63, 3.8) is 0 Å². The Bertz CT molecular complexity index is 816. The van der Waals surface area contributed by atoms with Crippen molar-refractivity contribution in [3.05, 3.63) is 60.3 Å². The van der Waals surface area contributed by atoms with E-state index < -0.39 is 0 Å². The fraction of sp³-hybridized carbons (Fsp3) is 0.250. The van der Waals surface area contributed by atoms with E-state index in [0.29, 0.717) is 6.42 Å². The molecule has 0 spiro atoms. The molecule has 1 amide bonds. The minimum absolute atomic E-state index is 0.00325. The molecule has 0 fully saturated rings. The summed E-state index contributed by atoms with van der Waals surface area (Å²) in [6, 6.07) is 16.1. The van der Waals surface area contributed by atoms with Crippen LogP contribution in [0, 0.1) is 0 Å². The molecule has 3 aromatic rings. The number of hydrogen-bond donors (Lipinski definition) is 2. The first-order valence-electron chi connectivity index (χ1n) is 8.40. The Morgan fingerprint density at radius 2 is 1.79 bits per heavy atom. The van der Waals surface area contributed by atoms with Gasteiger partial charge in [-0.25, -0.2) is 0 Å². The largest absolute Gasteiger partial charge is 0.372 e. The summed E-state index contributed by atoms with van der Waals surface area (Å²) in [5, 5.41) is 4.13. The summed E-state index contributed by atoms with van der Waals surface area (Å²) in [6.07, 6.45) is 2.28. The zero-order valence-corrected chi connectivity index (χ0v) is 14.2. The Morgan fingerprint density at radius 1 is 1.04 bits per heavy atom. The number of aromatic nitrogens is 1. The predicted molar refractivity (Wildman–Crippen MR) is 101 cm³/mol. The van der Waals surface area contributed by atoms with Crippen LogP contribution in [-0.4, -0.2) is 24.0 Å². The van der Waals surface area contributed by atoms with Crippen LogP contribution in [0.4, 0.5) is 11.4 Å². The van der Waals surface area contributed by atoms with Crippen LogP contribution in [0.25, 0.3) is 10.9 Å². The lowest BCUT2D eigenvalue weighted by Crippen LogP contribution is -2.21. The van der Waals surface area contributed by atoms with Crippen LogP contribution in [0.2, 0.25) is 0 Å². The smallest absolute Gasteiger partial charge is 0.228 e. The van der Waals surface area contributed by atoms with Crippen molar-refractivity contribution in [1.82, 2.24) is 4.98 Å². The molecule has 0 aliphatic rings. The summed E-state index contributed by atoms with van der Waals surface area (Å²) >= 11 is 0. The monoisotopic (exact) mass is 321 g/mol. The molecule has 0 saturated carbocycles. The summed E-state index contributed by atoms with van der Waals surface area (Å²) in [6.45, 7) is 6.23. The molecular formula is C20H23N3O. The molecular weight excluding hydrogens is 298 g/mol. The van der Waals surface area contributed by atoms with Crippen molar-refractivity contribution in [2.75, 3.05) is 23.3 Å². The van der Waals surface area contributed by atoms with Crippen molar-refractivity contribution in [3.8, 4) is 0 Å². The molecule has 0 saturated heterocycles. The SMILES string of the molecule is CCN(CC)c1ccc(NC(=O)Cc2ccc3cc[nH]c3c2)cc1. The average Bonchev–Trinajstić information content (AvgIpc) is 3.05. The van der Waals surface area contributed by atoms with Crippen molar-refractivity contribution in [2.24, 2.45) is 0 Å². The zero-order chi connectivity index (χ0) is 16.9. The van der Waals surface area contributed by atoms with Crippen LogP contribution in [0.15, 0.2) is 54.7 Å². The number of amides is 1. The van der Waals surface area contributed by atoms with Crippen LogP contribution in [0.1, 0.15) is 19.4 Å². The van der Waals surface area contributed by atoms with Crippen LogP contribution < -0.4 is 10.2 Å². The molecule has 1 aromatic heterocycles. The Kier molecular flexibility index (Phi) is 4.85. The van der Waals surface area contributed by atoms with Gasteiger partial charge in [0.15, 0.2) is 0 Å². The maximum atomic E-state index is 12.3. The van der Waals surface area contributed by atoms with E-state index in [-0.39, 0.29) is 5.91 Å². The van der Waals surface area contributed by atoms with E-state index in [1.165, 1.54) is 5.69 Å². The molecule has 3 rings (SSSR count). The van der Waals surface area contributed by atoms with Crippen molar-refractivity contribution >= 4 is 28.2 Å². The van der Waals surface area contributed by atoms with Crippen LogP contribution in [0.3, 0.4) is 0 Å². The highest BCUT2D eigenvalue weighted by Crippen LogP contribution is 2.18. The van der Waals surface area contributed by atoms with Gasteiger partial charge >= 0.3 is 0 Å². The number of benzene rings is 2. The van der Waals surface area contributed by atoms with Gasteiger partial charge in [-0.05, 0) is 61.2 Å². The van der Waals surface area contributed by atoms with Gasteiger partial charge in [-0.1, -0.05) is 12.1 Å². The maximum absolute atomic E-state index is 12.3. The number of nitrogens with zero attached hydrogens (tertiary/aromatic N) is 1. The fourth-order valence-corrected chi connectivity index (χ4v) is 2.94. The topological polar surface area (TPSA) is 48.1 Å². The van der Waals surface area contributed by atoms with Gasteiger partial charge in [0.05, 0.1) is 6.42 Å². The van der Waals surface area contributed by atoms with E-state index in [0.717, 1.165) is 35.2 Å². The highest BCUT2D eigenvalue weighted by molar-refractivity contribution is 5.93. The molecule has 0 radical (unpaired) electrons. The standard InChI is InChI=1S/C20H23N3O/c1-3-23(4-2)18-9-7-17(8-10-18)22-20(24)14-15-5-6-16-11-12-21-19(16)13-15/h5-13,21H,3-4,14H2,1-2H3,(H,22,24). The van der Waals surface area contributed by atoms with E-state index in [1.54, 1.807) is 0 Å². The molecule has 1 heterocycles. The predicted octanol–water partition coefficient (Wildman–Crippen LogP) is 4.20. The lowest BCUT2D eigenvalue weighted by molar-refractivity contribution is -0.115. The van der Waals surface area contributed by atoms with Crippen LogP contribution in [-0.2, 0) is 11.2 Å². The van der Waals surface area contributed by atoms with Gasteiger partial charge in [-0.3, -0.25) is 4.79 Å². The second kappa shape index (κ2) is 7.21. The number of H-pyrrole nitrogens is 1. The summed E-state index contributed by atoms with van der Waals surface area (Å²) in [7, 11) is 0. The minimum atomic E-state index is -0.00325. The fourth-order valence-electron chi connectivity index (χ4n) is 2.94. The molecule has 2 aromatic carbocycles. The Labute approximate surface area is 142 Å². The number of carbonyl (C=O) groups excluding carboxylic acids is 1. The number of hydrogen-bond acceptors (Lipinski definition) is 2. The van der Waals surface area contributed by atoms with Crippen LogP contribution in [0.5, 0.6) is 0 Å². The lowest BCUT2D eigenvalue weighted by atomic mass is 10.1. The van der Waals surface area contributed by atoms with E-state index >= 15 is 0 Å². The van der Waals surface area contributed by atoms with Gasteiger partial charge in [0.2, 0.25) is 5.91 Å². The van der Waals surface area contributed by atoms with Gasteiger partial charge in [-0.15, -0.1) is 0 Å². The highest BCUT2D eigenvalue weighted by atomic mass is 16.1. The maximum Gasteiger partial charge on any atom is 0.228 e. The molecule has 0 unspecified atom stereocenters. The summed E-state index contributed by atoms with van der Waals surface area (Å²) in [5.41, 5.74) is 4.07. The minimum Gasteiger partial charge on any atom is -0.372 e. The second-order valence-corrected chi connectivity index (χ2v) is 5.84. The number of rotatable bonds is 6. The lowest BCUT2D eigenvalue weighted by Gasteiger charge is -2.21. The molecule has 0 aliphatic carbocycles. The summed E-state index contributed by atoms with van der Waals surface area (Å²) < 4.78 is 0. The van der Waals surface area contributed by atoms with Crippen molar-refractivity contribution < 1.29 is 4.79 Å². The van der Waals surface area contributed by atoms with Crippen molar-refractivity contribution in [1.29, 1.82) is 0 Å². The number of carbonyl (C=O) groups is 1. The Balaban J connectivity index is 1.63. The third kappa shape index (κ3) is 3.59. The average molecular weight is 321 g/mol. The quantitative estimate of drug-likeness (QED) is 0.715. The van der Waals surface area contributed by atoms with E-state index in [1.807, 2.05) is 54.7 Å². The third-order valence-corrected chi connectivity index (χ3v) is 4.26. The molecule has 4 heteroatoms. The number of anilines is 2. The summed E-state index contributed by atoms with van der Waals surface area (Å²) in [5.74, 6) is -0.00325. The number of fused-ring (bicyclic) bond motifs is 1. The molecule has 4 nitrogen and oxygen atoms in total. The number of aromatic amines is 1. The summed E-state index contributed by atoms with van der Waals surface area (Å²) in [4.78, 5) is 17.7. The highest BCUT2D eigenvalue weighted by Gasteiger charge is 2.07. The third-order valence-electron chi connectivity index (χ3n) is 4.26. The molecule has 0 aliphatic heterocycles. The first-order valence-corrected chi connectivity index (χ1v) is 8.40. The first-order chi connectivity index (χ1) is 11.7. The van der Waals surface area contributed by atoms with E-state index in [4.69, 9.17) is 0 Å². The second-order valence-electron chi connectivity index (χ2n) is 5.84. The van der Waals surface area contributed by atoms with Gasteiger partial charge in [-0.2, -0.15) is 0 Å². The zero-order valence-electron chi connectivity index (χ0n) is 14.2. The molecule has 2 N–H and O–H groups in total. The van der Waals surface area contributed by atoms with Gasteiger partial charge in [0, 0.05) is 36.2 Å². The molecule has 0 atom stereocenters. The van der Waals surface area contributed by atoms with Gasteiger partial charge in [0.1, 0.15) is 0 Å². The van der Waals surface area contributed by atoms with Crippen LogP contribution >= 0.6 is 0 Å². The van der Waals surface area contributed by atoms with Gasteiger partial charge < -0.3 is 15.2 Å². The van der Waals surface area contributed by atoms with Gasteiger partial charge in [0.25, 0.3) is 0 Å². The normalized spacial score (nSPS) is 10.8. The Hall–Kier alpha value is -2.75. The van der Waals surface area contributed by atoms with Crippen molar-refractivity contribution in [2.45, 2.75) is 20.3 Å². The first kappa shape index (κ1) is 16.1. The van der Waals surface area contributed by atoms with E-state index in [9.17, 15) is 4.79 Å². The number of nitrogens with one attached hydrogen (secondary N) is 2. The Morgan fingerprint density at radius 3 is 2.50 bits per heavy atom. The molecule has 124 valence electrons.